The molecule has 0 heterocycles. The Kier molecular flexibility index (Phi) is 10.1. The van der Waals surface area contributed by atoms with Gasteiger partial charge in [0.1, 0.15) is 17.9 Å². The van der Waals surface area contributed by atoms with Gasteiger partial charge in [0, 0.05) is 7.11 Å². The molecule has 6 nitrogen and oxygen atoms in total. The van der Waals surface area contributed by atoms with E-state index in [-0.39, 0.29) is 5.97 Å². The number of methoxy groups -OCH3 is 1. The van der Waals surface area contributed by atoms with Crippen LogP contribution >= 0.6 is 0 Å². The predicted molar refractivity (Wildman–Crippen MR) is 90.9 cm³/mol. The minimum atomic E-state index is -0.369. The van der Waals surface area contributed by atoms with Crippen LogP contribution in [0.5, 0.6) is 5.75 Å². The summed E-state index contributed by atoms with van der Waals surface area (Å²) in [5.41, 5.74) is 2.35. The number of hydrogen-bond acceptors (Lipinski definition) is 6. The molecule has 0 saturated carbocycles. The number of hydrogen-bond donors (Lipinski definition) is 0. The normalized spacial score (nSPS) is 10.7. The van der Waals surface area contributed by atoms with Crippen LogP contribution in [0, 0.1) is 13.8 Å². The molecular formula is C18H28O6. The number of esters is 1. The zero-order valence-electron chi connectivity index (χ0n) is 15.1. The summed E-state index contributed by atoms with van der Waals surface area (Å²) < 4.78 is 26.5. The average molecular weight is 340 g/mol. The quantitative estimate of drug-likeness (QED) is 0.430. The highest BCUT2D eigenvalue weighted by atomic mass is 16.6. The lowest BCUT2D eigenvalue weighted by Crippen LogP contribution is -2.14. The Hall–Kier alpha value is -1.63. The third-order valence-corrected chi connectivity index (χ3v) is 3.19. The molecule has 1 rings (SSSR count). The molecule has 0 aromatic heterocycles. The Bertz CT molecular complexity index is 501. The number of ether oxygens (including phenoxy) is 5. The summed E-state index contributed by atoms with van der Waals surface area (Å²) in [5.74, 6) is 0.186. The van der Waals surface area contributed by atoms with Crippen molar-refractivity contribution in [2.45, 2.75) is 20.8 Å². The van der Waals surface area contributed by atoms with Gasteiger partial charge in [0.05, 0.1) is 39.6 Å². The molecule has 0 unspecified atom stereocenters. The van der Waals surface area contributed by atoms with E-state index in [1.807, 2.05) is 19.9 Å². The van der Waals surface area contributed by atoms with Gasteiger partial charge in [-0.15, -0.1) is 0 Å². The Labute approximate surface area is 144 Å². The van der Waals surface area contributed by atoms with E-state index in [0.717, 1.165) is 11.1 Å². The molecule has 0 aliphatic rings. The molecule has 1 aromatic rings. The van der Waals surface area contributed by atoms with Gasteiger partial charge >= 0.3 is 5.97 Å². The van der Waals surface area contributed by atoms with Gasteiger partial charge in [0.25, 0.3) is 0 Å². The molecular weight excluding hydrogens is 312 g/mol. The molecule has 0 N–H and O–H groups in total. The van der Waals surface area contributed by atoms with Crippen molar-refractivity contribution in [2.75, 3.05) is 53.4 Å². The maximum absolute atomic E-state index is 12.1. The topological polar surface area (TPSA) is 63.2 Å². The average Bonchev–Trinajstić information content (AvgIpc) is 2.54. The number of aryl methyl sites for hydroxylation is 2. The maximum atomic E-state index is 12.1. The van der Waals surface area contributed by atoms with Crippen molar-refractivity contribution in [2.24, 2.45) is 0 Å². The highest BCUT2D eigenvalue weighted by molar-refractivity contribution is 5.93. The molecule has 0 aliphatic carbocycles. The Balaban J connectivity index is 2.43. The van der Waals surface area contributed by atoms with Crippen LogP contribution in [0.1, 0.15) is 28.4 Å². The molecule has 0 aliphatic heterocycles. The summed E-state index contributed by atoms with van der Waals surface area (Å²) in [4.78, 5) is 12.1. The molecule has 0 atom stereocenters. The molecule has 0 fully saturated rings. The molecule has 136 valence electrons. The highest BCUT2D eigenvalue weighted by Crippen LogP contribution is 2.26. The summed E-state index contributed by atoms with van der Waals surface area (Å²) in [6.07, 6.45) is 0. The second-order valence-corrected chi connectivity index (χ2v) is 5.24. The van der Waals surface area contributed by atoms with E-state index in [1.54, 1.807) is 20.1 Å². The fourth-order valence-corrected chi connectivity index (χ4v) is 2.17. The van der Waals surface area contributed by atoms with Crippen molar-refractivity contribution in [1.82, 2.24) is 0 Å². The Morgan fingerprint density at radius 2 is 1.58 bits per heavy atom. The lowest BCUT2D eigenvalue weighted by atomic mass is 10.1. The van der Waals surface area contributed by atoms with E-state index in [1.165, 1.54) is 0 Å². The Morgan fingerprint density at radius 1 is 0.958 bits per heavy atom. The van der Waals surface area contributed by atoms with Crippen molar-refractivity contribution < 1.29 is 28.5 Å². The lowest BCUT2D eigenvalue weighted by Gasteiger charge is -2.14. The molecule has 24 heavy (non-hydrogen) atoms. The van der Waals surface area contributed by atoms with E-state index >= 15 is 0 Å². The molecule has 0 bridgehead atoms. The molecule has 1 aromatic carbocycles. The van der Waals surface area contributed by atoms with E-state index in [0.29, 0.717) is 57.6 Å². The maximum Gasteiger partial charge on any atom is 0.341 e. The third-order valence-electron chi connectivity index (χ3n) is 3.19. The second kappa shape index (κ2) is 11.8. The van der Waals surface area contributed by atoms with Gasteiger partial charge < -0.3 is 23.7 Å². The van der Waals surface area contributed by atoms with Crippen LogP contribution in [-0.4, -0.2) is 59.3 Å². The first-order valence-corrected chi connectivity index (χ1v) is 8.15. The minimum absolute atomic E-state index is 0.331. The first-order chi connectivity index (χ1) is 11.6. The number of rotatable bonds is 12. The van der Waals surface area contributed by atoms with Gasteiger partial charge in [0.2, 0.25) is 0 Å². The van der Waals surface area contributed by atoms with Crippen molar-refractivity contribution in [3.05, 3.63) is 28.8 Å². The van der Waals surface area contributed by atoms with Gasteiger partial charge in [-0.1, -0.05) is 6.07 Å². The van der Waals surface area contributed by atoms with Crippen LogP contribution in [0.15, 0.2) is 12.1 Å². The molecule has 0 amide bonds. The van der Waals surface area contributed by atoms with Gasteiger partial charge in [-0.05, 0) is 38.0 Å². The van der Waals surface area contributed by atoms with Crippen molar-refractivity contribution in [3.8, 4) is 5.75 Å². The lowest BCUT2D eigenvalue weighted by molar-refractivity contribution is 0.0177. The second-order valence-electron chi connectivity index (χ2n) is 5.24. The SMILES string of the molecule is CCOC(=O)c1cc(C)cc(C)c1OCCOCCOCCOC. The van der Waals surface area contributed by atoms with Crippen LogP contribution in [-0.2, 0) is 18.9 Å². The summed E-state index contributed by atoms with van der Waals surface area (Å²) >= 11 is 0. The number of benzene rings is 1. The van der Waals surface area contributed by atoms with Crippen LogP contribution in [0.2, 0.25) is 0 Å². The van der Waals surface area contributed by atoms with Crippen LogP contribution in [0.3, 0.4) is 0 Å². The van der Waals surface area contributed by atoms with Crippen LogP contribution < -0.4 is 4.74 Å². The standard InChI is InChI=1S/C18H28O6/c1-5-23-18(19)16-13-14(2)12-15(3)17(16)24-11-10-22-9-8-21-7-6-20-4/h12-13H,5-11H2,1-4H3. The summed E-state index contributed by atoms with van der Waals surface area (Å²) in [6, 6.07) is 3.76. The van der Waals surface area contributed by atoms with E-state index < -0.39 is 0 Å². The molecule has 6 heteroatoms. The zero-order valence-corrected chi connectivity index (χ0v) is 15.1. The molecule has 0 spiro atoms. The Morgan fingerprint density at radius 3 is 2.21 bits per heavy atom. The number of carbonyl (C=O) groups excluding carboxylic acids is 1. The summed E-state index contributed by atoms with van der Waals surface area (Å²) in [5, 5.41) is 0. The van der Waals surface area contributed by atoms with Gasteiger partial charge in [-0.25, -0.2) is 4.79 Å². The van der Waals surface area contributed by atoms with E-state index in [9.17, 15) is 4.79 Å². The summed E-state index contributed by atoms with van der Waals surface area (Å²) in [7, 11) is 1.63. The molecule has 0 saturated heterocycles. The zero-order chi connectivity index (χ0) is 17.8. The fourth-order valence-electron chi connectivity index (χ4n) is 2.17. The van der Waals surface area contributed by atoms with Crippen molar-refractivity contribution in [1.29, 1.82) is 0 Å². The monoisotopic (exact) mass is 340 g/mol. The molecule has 0 radical (unpaired) electrons. The number of carbonyl (C=O) groups is 1. The van der Waals surface area contributed by atoms with Gasteiger partial charge in [-0.2, -0.15) is 0 Å². The first kappa shape index (κ1) is 20.4. The van der Waals surface area contributed by atoms with Crippen molar-refractivity contribution >= 4 is 5.97 Å². The fraction of sp³-hybridized carbons (Fsp3) is 0.611. The highest BCUT2D eigenvalue weighted by Gasteiger charge is 2.16. The van der Waals surface area contributed by atoms with Gasteiger partial charge in [-0.3, -0.25) is 0 Å². The smallest absolute Gasteiger partial charge is 0.341 e. The van der Waals surface area contributed by atoms with Crippen molar-refractivity contribution in [3.63, 3.8) is 0 Å². The first-order valence-electron chi connectivity index (χ1n) is 8.15. The minimum Gasteiger partial charge on any atom is -0.490 e. The predicted octanol–water partition coefficient (Wildman–Crippen LogP) is 2.54. The van der Waals surface area contributed by atoms with E-state index in [4.69, 9.17) is 23.7 Å². The third kappa shape index (κ3) is 7.29. The van der Waals surface area contributed by atoms with Crippen LogP contribution in [0.4, 0.5) is 0 Å². The van der Waals surface area contributed by atoms with Crippen LogP contribution in [0.25, 0.3) is 0 Å². The van der Waals surface area contributed by atoms with E-state index in [2.05, 4.69) is 0 Å². The summed E-state index contributed by atoms with van der Waals surface area (Å²) in [6.45, 7) is 8.88. The largest absolute Gasteiger partial charge is 0.490 e. The van der Waals surface area contributed by atoms with Gasteiger partial charge in [0.15, 0.2) is 0 Å².